The second-order valence-electron chi connectivity index (χ2n) is 5.48. The molecule has 1 heterocycles. The van der Waals surface area contributed by atoms with E-state index in [0.29, 0.717) is 13.1 Å². The van der Waals surface area contributed by atoms with Gasteiger partial charge in [-0.05, 0) is 27.7 Å². The highest BCUT2D eigenvalue weighted by molar-refractivity contribution is 5.82. The van der Waals surface area contributed by atoms with E-state index in [1.54, 1.807) is 4.90 Å². The monoisotopic (exact) mass is 258 g/mol. The summed E-state index contributed by atoms with van der Waals surface area (Å²) < 4.78 is 5.71. The summed E-state index contributed by atoms with van der Waals surface area (Å²) in [4.78, 5) is 26.0. The van der Waals surface area contributed by atoms with Gasteiger partial charge in [0.05, 0.1) is 18.2 Å². The quantitative estimate of drug-likeness (QED) is 0.802. The molecule has 0 radical (unpaired) electrons. The molecule has 1 rings (SSSR count). The first kappa shape index (κ1) is 14.8. The van der Waals surface area contributed by atoms with E-state index in [9.17, 15) is 9.59 Å². The van der Waals surface area contributed by atoms with Crippen LogP contribution in [0.25, 0.3) is 0 Å². The highest BCUT2D eigenvalue weighted by Gasteiger charge is 2.36. The first-order valence-electron chi connectivity index (χ1n) is 6.06. The smallest absolute Gasteiger partial charge is 0.326 e. The number of ether oxygens (including phenoxy) is 1. The number of aliphatic carboxylic acids is 1. The molecule has 2 unspecified atom stereocenters. The van der Waals surface area contributed by atoms with E-state index < -0.39 is 17.6 Å². The van der Waals surface area contributed by atoms with Crippen LogP contribution in [0.3, 0.4) is 0 Å². The Kier molecular flexibility index (Phi) is 4.21. The van der Waals surface area contributed by atoms with Gasteiger partial charge in [-0.1, -0.05) is 0 Å². The molecule has 2 atom stereocenters. The third kappa shape index (κ3) is 3.35. The summed E-state index contributed by atoms with van der Waals surface area (Å²) in [5, 5.41) is 8.92. The number of urea groups is 1. The van der Waals surface area contributed by atoms with Crippen molar-refractivity contribution in [2.24, 2.45) is 0 Å². The average Bonchev–Trinajstić information content (AvgIpc) is 2.23. The van der Waals surface area contributed by atoms with Gasteiger partial charge in [-0.3, -0.25) is 0 Å². The molecule has 1 saturated heterocycles. The van der Waals surface area contributed by atoms with E-state index in [4.69, 9.17) is 9.84 Å². The maximum atomic E-state index is 12.2. The van der Waals surface area contributed by atoms with Gasteiger partial charge in [-0.25, -0.2) is 9.59 Å². The van der Waals surface area contributed by atoms with Crippen molar-refractivity contribution < 1.29 is 19.4 Å². The van der Waals surface area contributed by atoms with E-state index in [0.717, 1.165) is 0 Å². The number of carbonyl (C=O) groups excluding carboxylic acids is 1. The molecule has 1 aliphatic rings. The average molecular weight is 258 g/mol. The van der Waals surface area contributed by atoms with Gasteiger partial charge in [0.1, 0.15) is 6.04 Å². The molecule has 0 aromatic carbocycles. The van der Waals surface area contributed by atoms with E-state index in [-0.39, 0.29) is 12.1 Å². The van der Waals surface area contributed by atoms with Gasteiger partial charge in [-0.15, -0.1) is 0 Å². The lowest BCUT2D eigenvalue weighted by atomic mass is 10.1. The number of carboxylic acids is 1. The van der Waals surface area contributed by atoms with Crippen LogP contribution < -0.4 is 0 Å². The second-order valence-corrected chi connectivity index (χ2v) is 5.48. The number of rotatable bonds is 2. The van der Waals surface area contributed by atoms with Gasteiger partial charge >= 0.3 is 12.0 Å². The number of morpholine rings is 1. The van der Waals surface area contributed by atoms with Crippen molar-refractivity contribution in [1.82, 2.24) is 9.80 Å². The van der Waals surface area contributed by atoms with Crippen molar-refractivity contribution >= 4 is 12.0 Å². The first-order chi connectivity index (χ1) is 8.14. The van der Waals surface area contributed by atoms with E-state index in [1.807, 2.05) is 20.8 Å². The zero-order valence-electron chi connectivity index (χ0n) is 11.6. The first-order valence-corrected chi connectivity index (χ1v) is 6.06. The summed E-state index contributed by atoms with van der Waals surface area (Å²) in [5.74, 6) is -1.01. The van der Waals surface area contributed by atoms with Crippen LogP contribution in [0.15, 0.2) is 0 Å². The molecular formula is C12H22N2O4. The van der Waals surface area contributed by atoms with Crippen LogP contribution in [0.4, 0.5) is 4.79 Å². The number of carbonyl (C=O) groups is 2. The molecular weight excluding hydrogens is 236 g/mol. The minimum absolute atomic E-state index is 0.0498. The minimum atomic E-state index is -1.01. The Morgan fingerprint density at radius 1 is 1.50 bits per heavy atom. The molecule has 18 heavy (non-hydrogen) atoms. The molecule has 0 bridgehead atoms. The van der Waals surface area contributed by atoms with Gasteiger partial charge < -0.3 is 19.6 Å². The van der Waals surface area contributed by atoms with Crippen LogP contribution >= 0.6 is 0 Å². The lowest BCUT2D eigenvalue weighted by Gasteiger charge is -2.43. The van der Waals surface area contributed by atoms with Gasteiger partial charge in [0.2, 0.25) is 0 Å². The Hall–Kier alpha value is -1.30. The molecule has 1 N–H and O–H groups in total. The number of amides is 2. The van der Waals surface area contributed by atoms with Crippen molar-refractivity contribution in [1.29, 1.82) is 0 Å². The van der Waals surface area contributed by atoms with Crippen LogP contribution in [0, 0.1) is 0 Å². The number of likely N-dealkylation sites (N-methyl/N-ethyl adjacent to an activating group) is 1. The Morgan fingerprint density at radius 2 is 2.06 bits per heavy atom. The normalized spacial score (nSPS) is 24.5. The summed E-state index contributed by atoms with van der Waals surface area (Å²) in [6.07, 6.45) is -0.0498. The van der Waals surface area contributed by atoms with Crippen molar-refractivity contribution in [3.8, 4) is 0 Å². The van der Waals surface area contributed by atoms with Gasteiger partial charge in [0.15, 0.2) is 0 Å². The lowest BCUT2D eigenvalue weighted by molar-refractivity contribution is -0.142. The van der Waals surface area contributed by atoms with Crippen molar-refractivity contribution in [2.75, 3.05) is 20.1 Å². The molecule has 6 heteroatoms. The summed E-state index contributed by atoms with van der Waals surface area (Å²) in [7, 11) is 1.51. The van der Waals surface area contributed by atoms with E-state index >= 15 is 0 Å². The molecule has 104 valence electrons. The second kappa shape index (κ2) is 5.14. The summed E-state index contributed by atoms with van der Waals surface area (Å²) in [6.45, 7) is 8.19. The van der Waals surface area contributed by atoms with Crippen LogP contribution in [-0.4, -0.2) is 64.8 Å². The number of hydrogen-bond acceptors (Lipinski definition) is 3. The molecule has 2 amide bonds. The van der Waals surface area contributed by atoms with Gasteiger partial charge in [0, 0.05) is 13.6 Å². The molecule has 1 aliphatic heterocycles. The van der Waals surface area contributed by atoms with Crippen LogP contribution in [0.2, 0.25) is 0 Å². The van der Waals surface area contributed by atoms with E-state index in [2.05, 4.69) is 0 Å². The zero-order valence-corrected chi connectivity index (χ0v) is 11.6. The Labute approximate surface area is 107 Å². The largest absolute Gasteiger partial charge is 0.480 e. The van der Waals surface area contributed by atoms with E-state index in [1.165, 1.54) is 18.9 Å². The third-order valence-corrected chi connectivity index (χ3v) is 3.08. The minimum Gasteiger partial charge on any atom is -0.480 e. The standard InChI is InChI=1S/C12H22N2O4/c1-8-6-14(7-12(3,4)18-8)11(17)13(5)9(2)10(15)16/h8-9H,6-7H2,1-5H3,(H,15,16). The van der Waals surface area contributed by atoms with Gasteiger partial charge in [0.25, 0.3) is 0 Å². The fourth-order valence-electron chi connectivity index (χ4n) is 2.15. The molecule has 0 saturated carbocycles. The number of carboxylic acid groups (broad SMARTS) is 1. The SMILES string of the molecule is CC1CN(C(=O)N(C)C(C)C(=O)O)CC(C)(C)O1. The van der Waals surface area contributed by atoms with Crippen LogP contribution in [0.1, 0.15) is 27.7 Å². The number of hydrogen-bond donors (Lipinski definition) is 1. The summed E-state index contributed by atoms with van der Waals surface area (Å²) >= 11 is 0. The fourth-order valence-corrected chi connectivity index (χ4v) is 2.15. The predicted octanol–water partition coefficient (Wildman–Crippen LogP) is 1.01. The van der Waals surface area contributed by atoms with Gasteiger partial charge in [-0.2, -0.15) is 0 Å². The highest BCUT2D eigenvalue weighted by atomic mass is 16.5. The lowest BCUT2D eigenvalue weighted by Crippen LogP contribution is -2.58. The Morgan fingerprint density at radius 3 is 2.50 bits per heavy atom. The van der Waals surface area contributed by atoms with Crippen molar-refractivity contribution in [3.05, 3.63) is 0 Å². The van der Waals surface area contributed by atoms with Crippen LogP contribution in [0.5, 0.6) is 0 Å². The van der Waals surface area contributed by atoms with Crippen molar-refractivity contribution in [3.63, 3.8) is 0 Å². The molecule has 6 nitrogen and oxygen atoms in total. The maximum Gasteiger partial charge on any atom is 0.326 e. The summed E-state index contributed by atoms with van der Waals surface area (Å²) in [6, 6.07) is -1.10. The fraction of sp³-hybridized carbons (Fsp3) is 0.833. The zero-order chi connectivity index (χ0) is 14.1. The molecule has 1 fully saturated rings. The predicted molar refractivity (Wildman–Crippen MR) is 66.5 cm³/mol. The third-order valence-electron chi connectivity index (χ3n) is 3.08. The topological polar surface area (TPSA) is 70.1 Å². The Bertz CT molecular complexity index is 343. The number of nitrogens with zero attached hydrogens (tertiary/aromatic N) is 2. The highest BCUT2D eigenvalue weighted by Crippen LogP contribution is 2.21. The Balaban J connectivity index is 2.74. The molecule has 0 aromatic heterocycles. The van der Waals surface area contributed by atoms with Crippen molar-refractivity contribution in [2.45, 2.75) is 45.4 Å². The molecule has 0 aliphatic carbocycles. The summed E-state index contributed by atoms with van der Waals surface area (Å²) in [5.41, 5.74) is -0.402. The molecule has 0 aromatic rings. The molecule has 0 spiro atoms. The van der Waals surface area contributed by atoms with Crippen LogP contribution in [-0.2, 0) is 9.53 Å². The maximum absolute atomic E-state index is 12.2.